The minimum Gasteiger partial charge on any atom is -0.493 e. The number of aromatic nitrogens is 4. The number of nitrogens with zero attached hydrogens (tertiary/aromatic N) is 4. The van der Waals surface area contributed by atoms with Gasteiger partial charge in [-0.15, -0.1) is 0 Å². The summed E-state index contributed by atoms with van der Waals surface area (Å²) in [5.41, 5.74) is 4.78. The van der Waals surface area contributed by atoms with Crippen molar-refractivity contribution in [2.24, 2.45) is 0 Å². The summed E-state index contributed by atoms with van der Waals surface area (Å²) in [5.74, 6) is 0.973. The monoisotopic (exact) mass is 481 g/mol. The largest absolute Gasteiger partial charge is 0.493 e. The van der Waals surface area contributed by atoms with Gasteiger partial charge in [-0.05, 0) is 48.4 Å². The van der Waals surface area contributed by atoms with E-state index in [2.05, 4.69) is 20.0 Å². The molecule has 8 heteroatoms. The maximum atomic E-state index is 13.3. The van der Waals surface area contributed by atoms with E-state index < -0.39 is 0 Å². The number of ether oxygens (including phenoxy) is 2. The van der Waals surface area contributed by atoms with Crippen LogP contribution in [0.1, 0.15) is 16.9 Å². The summed E-state index contributed by atoms with van der Waals surface area (Å²) >= 11 is 0. The molecule has 0 radical (unpaired) electrons. The number of carbonyl (C=O) groups excluding carboxylic acids is 1. The lowest BCUT2D eigenvalue weighted by Gasteiger charge is -2.10. The lowest BCUT2D eigenvalue weighted by atomic mass is 10.1. The number of hydrogen-bond acceptors (Lipinski definition) is 5. The van der Waals surface area contributed by atoms with Crippen molar-refractivity contribution in [3.05, 3.63) is 91.0 Å². The zero-order valence-corrected chi connectivity index (χ0v) is 20.2. The fraction of sp³-hybridized carbons (Fsp3) is 0.179. The lowest BCUT2D eigenvalue weighted by molar-refractivity contribution is 0.0948. The van der Waals surface area contributed by atoms with Crippen molar-refractivity contribution < 1.29 is 14.3 Å². The minimum atomic E-state index is -0.232. The minimum absolute atomic E-state index is 0.232. The van der Waals surface area contributed by atoms with E-state index >= 15 is 0 Å². The van der Waals surface area contributed by atoms with Gasteiger partial charge in [0.25, 0.3) is 5.91 Å². The van der Waals surface area contributed by atoms with Crippen molar-refractivity contribution in [1.29, 1.82) is 0 Å². The summed E-state index contributed by atoms with van der Waals surface area (Å²) in [5, 5.41) is 7.67. The van der Waals surface area contributed by atoms with E-state index in [0.29, 0.717) is 29.3 Å². The molecule has 0 atom stereocenters. The Hall–Kier alpha value is -4.59. The van der Waals surface area contributed by atoms with Crippen molar-refractivity contribution in [3.8, 4) is 28.3 Å². The zero-order valence-electron chi connectivity index (χ0n) is 20.2. The van der Waals surface area contributed by atoms with Crippen LogP contribution in [0.25, 0.3) is 27.8 Å². The first-order chi connectivity index (χ1) is 17.7. The second-order valence-corrected chi connectivity index (χ2v) is 8.28. The number of fused-ring (bicyclic) bond motifs is 1. The Morgan fingerprint density at radius 2 is 1.72 bits per heavy atom. The topological polar surface area (TPSA) is 83.2 Å². The molecule has 0 aliphatic heterocycles. The standard InChI is InChI=1S/C28H27N5O3/c1-35-25-14-13-20(17-26(25)36-2)22-18-33(21-9-4-3-5-10-21)31-27(22)28(34)29-15-8-16-32-19-30-23-11-6-7-12-24(23)32/h3-7,9-14,17-19H,8,15-16H2,1-2H3,(H,29,34). The predicted molar refractivity (Wildman–Crippen MR) is 139 cm³/mol. The van der Waals surface area contributed by atoms with E-state index in [1.54, 1.807) is 18.9 Å². The van der Waals surface area contributed by atoms with Crippen LogP contribution in [0.3, 0.4) is 0 Å². The van der Waals surface area contributed by atoms with Gasteiger partial charge in [0.05, 0.1) is 37.3 Å². The molecule has 2 aromatic heterocycles. The second-order valence-electron chi connectivity index (χ2n) is 8.28. The Morgan fingerprint density at radius 1 is 0.944 bits per heavy atom. The number of imidazole rings is 1. The number of para-hydroxylation sites is 3. The van der Waals surface area contributed by atoms with Crippen LogP contribution in [-0.2, 0) is 6.54 Å². The molecule has 182 valence electrons. The average molecular weight is 482 g/mol. The molecule has 1 N–H and O–H groups in total. The summed E-state index contributed by atoms with van der Waals surface area (Å²) in [6.45, 7) is 1.26. The molecule has 0 fully saturated rings. The van der Waals surface area contributed by atoms with Crippen LogP contribution >= 0.6 is 0 Å². The molecule has 1 amide bonds. The maximum absolute atomic E-state index is 13.3. The van der Waals surface area contributed by atoms with Crippen molar-refractivity contribution in [2.75, 3.05) is 20.8 Å². The van der Waals surface area contributed by atoms with Gasteiger partial charge in [-0.25, -0.2) is 9.67 Å². The number of nitrogens with one attached hydrogen (secondary N) is 1. The fourth-order valence-corrected chi connectivity index (χ4v) is 4.19. The normalized spacial score (nSPS) is 10.9. The first-order valence-electron chi connectivity index (χ1n) is 11.7. The third kappa shape index (κ3) is 4.65. The van der Waals surface area contributed by atoms with Crippen LogP contribution in [0.4, 0.5) is 0 Å². The summed E-state index contributed by atoms with van der Waals surface area (Å²) < 4.78 is 14.7. The van der Waals surface area contributed by atoms with Crippen LogP contribution in [0, 0.1) is 0 Å². The van der Waals surface area contributed by atoms with Gasteiger partial charge in [-0.2, -0.15) is 5.10 Å². The van der Waals surface area contributed by atoms with Gasteiger partial charge >= 0.3 is 0 Å². The number of benzene rings is 3. The number of methoxy groups -OCH3 is 2. The molecule has 0 aliphatic rings. The van der Waals surface area contributed by atoms with Crippen LogP contribution < -0.4 is 14.8 Å². The molecule has 2 heterocycles. The van der Waals surface area contributed by atoms with Gasteiger partial charge in [0.2, 0.25) is 0 Å². The first-order valence-corrected chi connectivity index (χ1v) is 11.7. The molecular weight excluding hydrogens is 454 g/mol. The molecule has 0 unspecified atom stereocenters. The van der Waals surface area contributed by atoms with E-state index in [9.17, 15) is 4.79 Å². The number of amides is 1. The number of carbonyl (C=O) groups is 1. The molecular formula is C28H27N5O3. The molecule has 5 aromatic rings. The smallest absolute Gasteiger partial charge is 0.272 e. The van der Waals surface area contributed by atoms with Crippen molar-refractivity contribution in [1.82, 2.24) is 24.6 Å². The number of aryl methyl sites for hydroxylation is 1. The van der Waals surface area contributed by atoms with Gasteiger partial charge in [0, 0.05) is 24.8 Å². The van der Waals surface area contributed by atoms with Crippen molar-refractivity contribution >= 4 is 16.9 Å². The Balaban J connectivity index is 1.37. The van der Waals surface area contributed by atoms with Gasteiger partial charge in [-0.3, -0.25) is 4.79 Å². The van der Waals surface area contributed by atoms with Gasteiger partial charge in [0.15, 0.2) is 17.2 Å². The molecule has 0 aliphatic carbocycles. The first kappa shape index (κ1) is 23.2. The third-order valence-corrected chi connectivity index (χ3v) is 6.03. The van der Waals surface area contributed by atoms with Crippen molar-refractivity contribution in [2.45, 2.75) is 13.0 Å². The van der Waals surface area contributed by atoms with Gasteiger partial charge in [0.1, 0.15) is 0 Å². The van der Waals surface area contributed by atoms with Gasteiger partial charge < -0.3 is 19.4 Å². The van der Waals surface area contributed by atoms with Crippen LogP contribution in [-0.4, -0.2) is 46.0 Å². The SMILES string of the molecule is COc1ccc(-c2cn(-c3ccccc3)nc2C(=O)NCCCn2cnc3ccccc32)cc1OC. The Kier molecular flexibility index (Phi) is 6.66. The second kappa shape index (κ2) is 10.4. The van der Waals surface area contributed by atoms with Gasteiger partial charge in [-0.1, -0.05) is 36.4 Å². The number of rotatable bonds is 9. The molecule has 8 nitrogen and oxygen atoms in total. The summed E-state index contributed by atoms with van der Waals surface area (Å²) in [7, 11) is 3.18. The fourth-order valence-electron chi connectivity index (χ4n) is 4.19. The Labute approximate surface area is 209 Å². The summed E-state index contributed by atoms with van der Waals surface area (Å²) in [6, 6.07) is 23.3. The average Bonchev–Trinajstić information content (AvgIpc) is 3.56. The van der Waals surface area contributed by atoms with Crippen LogP contribution in [0.15, 0.2) is 85.3 Å². The summed E-state index contributed by atoms with van der Waals surface area (Å²) in [4.78, 5) is 17.7. The highest BCUT2D eigenvalue weighted by atomic mass is 16.5. The molecule has 0 spiro atoms. The highest BCUT2D eigenvalue weighted by Gasteiger charge is 2.20. The summed E-state index contributed by atoms with van der Waals surface area (Å²) in [6.07, 6.45) is 4.46. The van der Waals surface area contributed by atoms with E-state index in [0.717, 1.165) is 35.2 Å². The molecule has 0 bridgehead atoms. The molecule has 5 rings (SSSR count). The molecule has 36 heavy (non-hydrogen) atoms. The van der Waals surface area contributed by atoms with Crippen LogP contribution in [0.2, 0.25) is 0 Å². The lowest BCUT2D eigenvalue weighted by Crippen LogP contribution is -2.26. The number of hydrogen-bond donors (Lipinski definition) is 1. The van der Waals surface area contributed by atoms with E-state index in [4.69, 9.17) is 9.47 Å². The maximum Gasteiger partial charge on any atom is 0.272 e. The van der Waals surface area contributed by atoms with E-state index in [1.165, 1.54) is 0 Å². The highest BCUT2D eigenvalue weighted by molar-refractivity contribution is 5.99. The van der Waals surface area contributed by atoms with E-state index in [-0.39, 0.29) is 5.91 Å². The Morgan fingerprint density at radius 3 is 2.53 bits per heavy atom. The van der Waals surface area contributed by atoms with Crippen LogP contribution in [0.5, 0.6) is 11.5 Å². The van der Waals surface area contributed by atoms with Crippen molar-refractivity contribution in [3.63, 3.8) is 0 Å². The molecule has 0 saturated carbocycles. The quantitative estimate of drug-likeness (QED) is 0.308. The predicted octanol–water partition coefficient (Wildman–Crippen LogP) is 4.73. The highest BCUT2D eigenvalue weighted by Crippen LogP contribution is 2.34. The third-order valence-electron chi connectivity index (χ3n) is 6.03. The Bertz CT molecular complexity index is 1490. The zero-order chi connectivity index (χ0) is 24.9. The molecule has 3 aromatic carbocycles. The van der Waals surface area contributed by atoms with E-state index in [1.807, 2.05) is 85.3 Å². The molecule has 0 saturated heterocycles.